The molecule has 2 aromatic rings. The van der Waals surface area contributed by atoms with Crippen LogP contribution in [-0.4, -0.2) is 30.2 Å². The molecule has 0 atom stereocenters. The molecule has 1 aromatic heterocycles. The molecule has 0 spiro atoms. The molecular weight excluding hydrogens is 262 g/mol. The molecule has 1 heterocycles. The Morgan fingerprint density at radius 2 is 2.00 bits per heavy atom. The van der Waals surface area contributed by atoms with Crippen molar-refractivity contribution in [2.75, 3.05) is 24.3 Å². The van der Waals surface area contributed by atoms with Crippen molar-refractivity contribution < 1.29 is 4.79 Å². The summed E-state index contributed by atoms with van der Waals surface area (Å²) in [7, 11) is 3.90. The van der Waals surface area contributed by atoms with E-state index in [-0.39, 0.29) is 5.91 Å². The van der Waals surface area contributed by atoms with E-state index < -0.39 is 0 Å². The second-order valence-electron chi connectivity index (χ2n) is 4.10. The van der Waals surface area contributed by atoms with Crippen LogP contribution in [0, 0.1) is 0 Å². The van der Waals surface area contributed by atoms with Crippen molar-refractivity contribution in [3.05, 3.63) is 34.8 Å². The Morgan fingerprint density at radius 1 is 1.32 bits per heavy atom. The second-order valence-corrected chi connectivity index (χ2v) is 5.16. The van der Waals surface area contributed by atoms with Gasteiger partial charge in [0.15, 0.2) is 0 Å². The van der Waals surface area contributed by atoms with E-state index in [1.54, 1.807) is 12.1 Å². The van der Waals surface area contributed by atoms with Gasteiger partial charge in [0.2, 0.25) is 5.13 Å². The number of carbonyl (C=O) groups excluding carboxylic acids is 1. The van der Waals surface area contributed by atoms with Crippen LogP contribution in [0.1, 0.15) is 15.4 Å². The van der Waals surface area contributed by atoms with Crippen LogP contribution in [0.3, 0.4) is 0 Å². The molecule has 19 heavy (non-hydrogen) atoms. The van der Waals surface area contributed by atoms with E-state index in [2.05, 4.69) is 15.5 Å². The number of hydrogen-bond acceptors (Lipinski definition) is 6. The van der Waals surface area contributed by atoms with Gasteiger partial charge in [-0.15, -0.1) is 10.2 Å². The zero-order valence-electron chi connectivity index (χ0n) is 10.8. The molecule has 0 aliphatic heterocycles. The highest BCUT2D eigenvalue weighted by atomic mass is 32.1. The van der Waals surface area contributed by atoms with Crippen LogP contribution in [0.15, 0.2) is 24.3 Å². The van der Waals surface area contributed by atoms with Gasteiger partial charge in [-0.1, -0.05) is 11.3 Å². The van der Waals surface area contributed by atoms with Crippen molar-refractivity contribution in [1.82, 2.24) is 10.2 Å². The summed E-state index contributed by atoms with van der Waals surface area (Å²) in [5, 5.41) is 11.5. The average molecular weight is 277 g/mol. The molecule has 0 aliphatic rings. The van der Waals surface area contributed by atoms with E-state index in [4.69, 9.17) is 5.73 Å². The Labute approximate surface area is 115 Å². The maximum Gasteiger partial charge on any atom is 0.257 e. The van der Waals surface area contributed by atoms with Crippen LogP contribution < -0.4 is 16.0 Å². The number of carbonyl (C=O) groups is 1. The lowest BCUT2D eigenvalue weighted by Crippen LogP contribution is -2.13. The van der Waals surface area contributed by atoms with E-state index >= 15 is 0 Å². The minimum atomic E-state index is -0.204. The number of nitrogens with one attached hydrogen (secondary N) is 1. The minimum Gasteiger partial charge on any atom is -0.378 e. The van der Waals surface area contributed by atoms with Gasteiger partial charge in [-0.2, -0.15) is 0 Å². The van der Waals surface area contributed by atoms with Crippen LogP contribution >= 0.6 is 11.3 Å². The van der Waals surface area contributed by atoms with Crippen molar-refractivity contribution in [1.29, 1.82) is 0 Å². The van der Waals surface area contributed by atoms with Gasteiger partial charge in [0.25, 0.3) is 5.91 Å². The molecule has 1 amide bonds. The number of benzene rings is 1. The highest BCUT2D eigenvalue weighted by molar-refractivity contribution is 7.15. The van der Waals surface area contributed by atoms with Gasteiger partial charge >= 0.3 is 0 Å². The Balaban J connectivity index is 2.07. The van der Waals surface area contributed by atoms with Crippen LogP contribution in [0.4, 0.5) is 10.8 Å². The van der Waals surface area contributed by atoms with Gasteiger partial charge in [-0.25, -0.2) is 0 Å². The lowest BCUT2D eigenvalue weighted by molar-refractivity contribution is 0.102. The predicted octanol–water partition coefficient (Wildman–Crippen LogP) is 1.32. The van der Waals surface area contributed by atoms with E-state index in [1.165, 1.54) is 11.3 Å². The first kappa shape index (κ1) is 13.4. The Morgan fingerprint density at radius 3 is 2.53 bits per heavy atom. The Hall–Kier alpha value is -1.99. The smallest absolute Gasteiger partial charge is 0.257 e. The van der Waals surface area contributed by atoms with Crippen molar-refractivity contribution in [3.8, 4) is 0 Å². The zero-order valence-corrected chi connectivity index (χ0v) is 11.6. The molecule has 0 saturated carbocycles. The van der Waals surface area contributed by atoms with Crippen LogP contribution in [0.2, 0.25) is 0 Å². The van der Waals surface area contributed by atoms with Crippen LogP contribution in [-0.2, 0) is 6.54 Å². The van der Waals surface area contributed by atoms with E-state index in [0.29, 0.717) is 22.2 Å². The first-order chi connectivity index (χ1) is 9.10. The largest absolute Gasteiger partial charge is 0.378 e. The number of nitrogens with two attached hydrogens (primary N) is 1. The van der Waals surface area contributed by atoms with Crippen molar-refractivity contribution in [3.63, 3.8) is 0 Å². The fourth-order valence-electron chi connectivity index (χ4n) is 1.47. The van der Waals surface area contributed by atoms with E-state index in [9.17, 15) is 4.79 Å². The molecule has 0 aliphatic carbocycles. The topological polar surface area (TPSA) is 84.1 Å². The number of nitrogens with zero attached hydrogens (tertiary/aromatic N) is 3. The third-order valence-electron chi connectivity index (χ3n) is 2.51. The Bertz CT molecular complexity index is 564. The number of rotatable bonds is 4. The SMILES string of the molecule is CN(C)c1ccc(C(=O)Nc2nnc(CN)s2)cc1. The van der Waals surface area contributed by atoms with Gasteiger partial charge in [0.05, 0.1) is 0 Å². The van der Waals surface area contributed by atoms with Crippen molar-refractivity contribution in [2.24, 2.45) is 5.73 Å². The summed E-state index contributed by atoms with van der Waals surface area (Å²) in [6.45, 7) is 0.324. The first-order valence-electron chi connectivity index (χ1n) is 5.71. The lowest BCUT2D eigenvalue weighted by atomic mass is 10.2. The molecule has 3 N–H and O–H groups in total. The summed E-state index contributed by atoms with van der Waals surface area (Å²) in [6.07, 6.45) is 0. The molecule has 0 saturated heterocycles. The normalized spacial score (nSPS) is 10.3. The molecule has 0 bridgehead atoms. The molecular formula is C12H15N5OS. The van der Waals surface area contributed by atoms with Crippen molar-refractivity contribution >= 4 is 28.1 Å². The molecule has 0 radical (unpaired) electrons. The highest BCUT2D eigenvalue weighted by Crippen LogP contribution is 2.17. The van der Waals surface area contributed by atoms with Crippen LogP contribution in [0.5, 0.6) is 0 Å². The van der Waals surface area contributed by atoms with Gasteiger partial charge in [0.1, 0.15) is 5.01 Å². The fourth-order valence-corrected chi connectivity index (χ4v) is 2.08. The summed E-state index contributed by atoms with van der Waals surface area (Å²) >= 11 is 1.28. The maximum absolute atomic E-state index is 12.0. The molecule has 1 aromatic carbocycles. The summed E-state index contributed by atoms with van der Waals surface area (Å²) in [5.74, 6) is -0.204. The summed E-state index contributed by atoms with van der Waals surface area (Å²) in [4.78, 5) is 13.9. The van der Waals surface area contributed by atoms with Gasteiger partial charge in [-0.3, -0.25) is 10.1 Å². The third kappa shape index (κ3) is 3.27. The van der Waals surface area contributed by atoms with Gasteiger partial charge in [-0.05, 0) is 24.3 Å². The molecule has 2 rings (SSSR count). The molecule has 7 heteroatoms. The number of amides is 1. The Kier molecular flexibility index (Phi) is 4.08. The van der Waals surface area contributed by atoms with Gasteiger partial charge in [0, 0.05) is 31.9 Å². The number of hydrogen-bond donors (Lipinski definition) is 2. The third-order valence-corrected chi connectivity index (χ3v) is 3.37. The standard InChI is InChI=1S/C12H15N5OS/c1-17(2)9-5-3-8(4-6-9)11(18)14-12-16-15-10(7-13)19-12/h3-6H,7,13H2,1-2H3,(H,14,16,18). The zero-order chi connectivity index (χ0) is 13.8. The number of aromatic nitrogens is 2. The summed E-state index contributed by atoms with van der Waals surface area (Å²) < 4.78 is 0. The fraction of sp³-hybridized carbons (Fsp3) is 0.250. The van der Waals surface area contributed by atoms with Crippen LogP contribution in [0.25, 0.3) is 0 Å². The first-order valence-corrected chi connectivity index (χ1v) is 6.53. The molecule has 0 fully saturated rings. The highest BCUT2D eigenvalue weighted by Gasteiger charge is 2.09. The minimum absolute atomic E-state index is 0.204. The summed E-state index contributed by atoms with van der Waals surface area (Å²) in [6, 6.07) is 7.33. The van der Waals surface area contributed by atoms with Gasteiger partial charge < -0.3 is 10.6 Å². The average Bonchev–Trinajstić information content (AvgIpc) is 2.86. The quantitative estimate of drug-likeness (QED) is 0.880. The molecule has 100 valence electrons. The van der Waals surface area contributed by atoms with E-state index in [1.807, 2.05) is 31.1 Å². The second kappa shape index (κ2) is 5.77. The predicted molar refractivity (Wildman–Crippen MR) is 76.5 cm³/mol. The monoisotopic (exact) mass is 277 g/mol. The summed E-state index contributed by atoms with van der Waals surface area (Å²) in [5.41, 5.74) is 7.06. The van der Waals surface area contributed by atoms with E-state index in [0.717, 1.165) is 5.69 Å². The molecule has 6 nitrogen and oxygen atoms in total. The lowest BCUT2D eigenvalue weighted by Gasteiger charge is -2.12. The number of anilines is 2. The molecule has 0 unspecified atom stereocenters. The van der Waals surface area contributed by atoms with Crippen molar-refractivity contribution in [2.45, 2.75) is 6.54 Å². The maximum atomic E-state index is 12.0.